The number of ether oxygens (including phenoxy) is 1. The number of carbonyl (C=O) groups excluding carboxylic acids is 1. The van der Waals surface area contributed by atoms with Crippen molar-refractivity contribution in [2.24, 2.45) is 0 Å². The van der Waals surface area contributed by atoms with E-state index in [1.54, 1.807) is 11.8 Å². The van der Waals surface area contributed by atoms with Gasteiger partial charge < -0.3 is 9.64 Å². The van der Waals surface area contributed by atoms with E-state index in [0.717, 1.165) is 15.6 Å². The van der Waals surface area contributed by atoms with Crippen molar-refractivity contribution in [3.8, 4) is 0 Å². The molecule has 2 aliphatic heterocycles. The van der Waals surface area contributed by atoms with Gasteiger partial charge in [-0.25, -0.2) is 13.2 Å². The van der Waals surface area contributed by atoms with Crippen LogP contribution in [0.2, 0.25) is 0 Å². The van der Waals surface area contributed by atoms with Crippen LogP contribution in [0.3, 0.4) is 0 Å². The zero-order valence-corrected chi connectivity index (χ0v) is 14.5. The Morgan fingerprint density at radius 2 is 1.92 bits per heavy atom. The maximum atomic E-state index is 12.8. The molecule has 1 fully saturated rings. The van der Waals surface area contributed by atoms with Gasteiger partial charge in [-0.15, -0.1) is 0 Å². The summed E-state index contributed by atoms with van der Waals surface area (Å²) in [6.07, 6.45) is 0.405. The molecule has 2 heterocycles. The summed E-state index contributed by atoms with van der Waals surface area (Å²) in [6, 6.07) is 7.67. The van der Waals surface area contributed by atoms with Crippen molar-refractivity contribution in [3.63, 3.8) is 0 Å². The number of benzene rings is 1. The molecule has 0 N–H and O–H groups in total. The third-order valence-corrected chi connectivity index (χ3v) is 6.57. The molecule has 0 saturated carbocycles. The second-order valence-corrected chi connectivity index (χ2v) is 8.04. The molecular formula is C16H22N2O5S. The van der Waals surface area contributed by atoms with Crippen molar-refractivity contribution in [1.29, 1.82) is 0 Å². The largest absolute Gasteiger partial charge is 0.450 e. The molecule has 24 heavy (non-hydrogen) atoms. The minimum Gasteiger partial charge on any atom is -0.450 e. The zero-order valence-electron chi connectivity index (χ0n) is 13.7. The normalized spacial score (nSPS) is 19.8. The molecule has 3 rings (SSSR count). The van der Waals surface area contributed by atoms with E-state index in [1.807, 2.05) is 24.3 Å². The second-order valence-electron chi connectivity index (χ2n) is 5.93. The van der Waals surface area contributed by atoms with Crippen LogP contribution in [0.1, 0.15) is 30.9 Å². The number of hydrogen-bond acceptors (Lipinski definition) is 5. The monoisotopic (exact) mass is 354 g/mol. The first-order valence-corrected chi connectivity index (χ1v) is 9.65. The third-order valence-electron chi connectivity index (χ3n) is 4.45. The third kappa shape index (κ3) is 3.40. The summed E-state index contributed by atoms with van der Waals surface area (Å²) in [5.74, 6) is 0. The minimum absolute atomic E-state index is 0.233. The Bertz CT molecular complexity index is 698. The van der Waals surface area contributed by atoms with Gasteiger partial charge in [-0.1, -0.05) is 28.7 Å². The maximum absolute atomic E-state index is 12.8. The zero-order chi connectivity index (χ0) is 17.2. The Balaban J connectivity index is 1.64. The molecule has 7 nitrogen and oxygen atoms in total. The van der Waals surface area contributed by atoms with Gasteiger partial charge in [0.05, 0.1) is 25.0 Å². The van der Waals surface area contributed by atoms with E-state index in [0.29, 0.717) is 32.5 Å². The number of hydrogen-bond donors (Lipinski definition) is 0. The van der Waals surface area contributed by atoms with E-state index >= 15 is 0 Å². The minimum atomic E-state index is -3.56. The van der Waals surface area contributed by atoms with E-state index in [9.17, 15) is 13.2 Å². The molecule has 0 spiro atoms. The van der Waals surface area contributed by atoms with Gasteiger partial charge in [-0.2, -0.15) is 0 Å². The molecule has 0 radical (unpaired) electrons. The molecule has 0 aromatic heterocycles. The second kappa shape index (κ2) is 7.08. The Morgan fingerprint density at radius 1 is 1.25 bits per heavy atom. The van der Waals surface area contributed by atoms with E-state index in [4.69, 9.17) is 9.57 Å². The molecule has 0 bridgehead atoms. The summed E-state index contributed by atoms with van der Waals surface area (Å²) in [7, 11) is -3.56. The highest BCUT2D eigenvalue weighted by atomic mass is 32.2. The van der Waals surface area contributed by atoms with E-state index in [2.05, 4.69) is 0 Å². The number of likely N-dealkylation sites (tertiary alicyclic amines) is 1. The summed E-state index contributed by atoms with van der Waals surface area (Å²) in [4.78, 5) is 18.7. The molecular weight excluding hydrogens is 332 g/mol. The van der Waals surface area contributed by atoms with Crippen molar-refractivity contribution < 1.29 is 22.8 Å². The quantitative estimate of drug-likeness (QED) is 0.828. The summed E-state index contributed by atoms with van der Waals surface area (Å²) in [5, 5.41) is -0.534. The topological polar surface area (TPSA) is 76.2 Å². The van der Waals surface area contributed by atoms with E-state index < -0.39 is 15.3 Å². The van der Waals surface area contributed by atoms with Crippen LogP contribution in [0.15, 0.2) is 24.3 Å². The molecule has 1 aromatic carbocycles. The molecule has 132 valence electrons. The number of rotatable bonds is 3. The van der Waals surface area contributed by atoms with Gasteiger partial charge in [0, 0.05) is 13.1 Å². The fourth-order valence-electron chi connectivity index (χ4n) is 3.06. The van der Waals surface area contributed by atoms with Gasteiger partial charge in [-0.3, -0.25) is 4.84 Å². The molecule has 1 amide bonds. The lowest BCUT2D eigenvalue weighted by molar-refractivity contribution is -0.115. The van der Waals surface area contributed by atoms with Crippen LogP contribution < -0.4 is 0 Å². The first-order valence-electron chi connectivity index (χ1n) is 8.15. The lowest BCUT2D eigenvalue weighted by Crippen LogP contribution is -2.47. The average molecular weight is 354 g/mol. The highest BCUT2D eigenvalue weighted by molar-refractivity contribution is 7.89. The summed E-state index contributed by atoms with van der Waals surface area (Å²) < 4.78 is 31.7. The van der Waals surface area contributed by atoms with Gasteiger partial charge in [0.15, 0.2) is 0 Å². The summed E-state index contributed by atoms with van der Waals surface area (Å²) in [6.45, 7) is 3.33. The molecule has 2 aliphatic rings. The van der Waals surface area contributed by atoms with Crippen LogP contribution in [0, 0.1) is 0 Å². The summed E-state index contributed by atoms with van der Waals surface area (Å²) in [5.41, 5.74) is 1.98. The van der Waals surface area contributed by atoms with Crippen LogP contribution in [-0.4, -0.2) is 48.8 Å². The van der Waals surface area contributed by atoms with Crippen molar-refractivity contribution in [2.75, 3.05) is 19.7 Å². The summed E-state index contributed by atoms with van der Waals surface area (Å²) >= 11 is 0. The van der Waals surface area contributed by atoms with Crippen molar-refractivity contribution in [1.82, 2.24) is 9.37 Å². The fraction of sp³-hybridized carbons (Fsp3) is 0.562. The molecule has 0 atom stereocenters. The van der Waals surface area contributed by atoms with E-state index in [1.165, 1.54) is 0 Å². The Kier molecular flexibility index (Phi) is 5.07. The standard InChI is InChI=1S/C16H22N2O5S/c1-2-22-16(19)17-9-7-15(8-10-17)24(20,21)18-11-13-5-3-4-6-14(13)12-23-18/h3-6,15H,2,7-12H2,1H3. The first-order chi connectivity index (χ1) is 11.5. The van der Waals surface area contributed by atoms with Gasteiger partial charge in [0.2, 0.25) is 10.0 Å². The Hall–Kier alpha value is -1.64. The highest BCUT2D eigenvalue weighted by Gasteiger charge is 2.38. The SMILES string of the molecule is CCOC(=O)N1CCC(S(=O)(=O)N2Cc3ccccc3CO2)CC1. The van der Waals surface area contributed by atoms with Crippen LogP contribution in [-0.2, 0) is 32.7 Å². The lowest BCUT2D eigenvalue weighted by Gasteiger charge is -2.35. The van der Waals surface area contributed by atoms with Crippen LogP contribution in [0.4, 0.5) is 4.79 Å². The predicted octanol–water partition coefficient (Wildman–Crippen LogP) is 1.88. The number of nitrogens with zero attached hydrogens (tertiary/aromatic N) is 2. The molecule has 1 aromatic rings. The first kappa shape index (κ1) is 17.2. The van der Waals surface area contributed by atoms with Gasteiger partial charge in [0.25, 0.3) is 0 Å². The fourth-order valence-corrected chi connectivity index (χ4v) is 4.72. The molecule has 0 aliphatic carbocycles. The van der Waals surface area contributed by atoms with Crippen LogP contribution in [0.25, 0.3) is 0 Å². The smallest absolute Gasteiger partial charge is 0.409 e. The molecule has 0 unspecified atom stereocenters. The number of carbonyl (C=O) groups is 1. The highest BCUT2D eigenvalue weighted by Crippen LogP contribution is 2.27. The van der Waals surface area contributed by atoms with Crippen molar-refractivity contribution in [2.45, 2.75) is 38.2 Å². The van der Waals surface area contributed by atoms with Crippen molar-refractivity contribution in [3.05, 3.63) is 35.4 Å². The van der Waals surface area contributed by atoms with Gasteiger partial charge in [0.1, 0.15) is 0 Å². The van der Waals surface area contributed by atoms with Gasteiger partial charge in [-0.05, 0) is 30.9 Å². The Morgan fingerprint density at radius 3 is 2.58 bits per heavy atom. The van der Waals surface area contributed by atoms with Gasteiger partial charge >= 0.3 is 6.09 Å². The van der Waals surface area contributed by atoms with E-state index in [-0.39, 0.29) is 19.2 Å². The number of piperidine rings is 1. The number of hydroxylamine groups is 1. The molecule has 8 heteroatoms. The van der Waals surface area contributed by atoms with Crippen LogP contribution >= 0.6 is 0 Å². The predicted molar refractivity (Wildman–Crippen MR) is 87.3 cm³/mol. The van der Waals surface area contributed by atoms with Crippen molar-refractivity contribution >= 4 is 16.1 Å². The lowest BCUT2D eigenvalue weighted by atomic mass is 10.1. The molecule has 1 saturated heterocycles. The Labute approximate surface area is 142 Å². The average Bonchev–Trinajstić information content (AvgIpc) is 2.61. The number of sulfonamides is 1. The maximum Gasteiger partial charge on any atom is 0.409 e. The number of amides is 1. The van der Waals surface area contributed by atoms with Crippen LogP contribution in [0.5, 0.6) is 0 Å². The number of fused-ring (bicyclic) bond motifs is 1.